The molecule has 3 fully saturated rings. The fourth-order valence-electron chi connectivity index (χ4n) is 4.51. The normalized spacial score (nSPS) is 43.4. The first kappa shape index (κ1) is 16.6. The molecule has 0 aliphatic carbocycles. The molecule has 5 N–H and O–H groups in total. The molecule has 3 rings (SSSR count). The lowest BCUT2D eigenvalue weighted by atomic mass is 9.94. The molecule has 6 atom stereocenters. The largest absolute Gasteiger partial charge is 0.331 e. The number of nitrogens with zero attached hydrogens (tertiary/aromatic N) is 1. The molecule has 0 radical (unpaired) electrons. The standard InChI is InChI=1S/C16H33N5O/c1-11(2)21-9-5-6-13(21)16-18-15(19-22-16)12-7-8-14(17-10-12)20(3)4/h11-19H,5-10H2,1-4H3/p+2. The highest BCUT2D eigenvalue weighted by Gasteiger charge is 2.44. The van der Waals surface area contributed by atoms with Gasteiger partial charge in [0.05, 0.1) is 25.3 Å². The van der Waals surface area contributed by atoms with E-state index in [2.05, 4.69) is 49.0 Å². The molecule has 3 saturated heterocycles. The highest BCUT2D eigenvalue weighted by atomic mass is 16.7. The molecule has 6 nitrogen and oxygen atoms in total. The monoisotopic (exact) mass is 313 g/mol. The number of hydrogen-bond acceptors (Lipinski definition) is 4. The van der Waals surface area contributed by atoms with Crippen molar-refractivity contribution < 1.29 is 15.1 Å². The molecule has 0 bridgehead atoms. The number of hydroxylamine groups is 1. The second kappa shape index (κ2) is 7.11. The Balaban J connectivity index is 1.50. The molecule has 3 aliphatic heterocycles. The molecule has 0 spiro atoms. The van der Waals surface area contributed by atoms with E-state index in [9.17, 15) is 0 Å². The van der Waals surface area contributed by atoms with Crippen LogP contribution < -0.4 is 21.0 Å². The SMILES string of the molecule is CC(C)[NH+]1CCCC1C1NC(C2CCC(N(C)C)[NH2+]C2)NO1. The molecule has 0 aromatic carbocycles. The summed E-state index contributed by atoms with van der Waals surface area (Å²) in [7, 11) is 4.35. The summed E-state index contributed by atoms with van der Waals surface area (Å²) in [4.78, 5) is 9.98. The van der Waals surface area contributed by atoms with Crippen molar-refractivity contribution >= 4 is 0 Å². The Morgan fingerprint density at radius 1 is 1.23 bits per heavy atom. The Labute approximate surface area is 134 Å². The molecule has 3 heterocycles. The highest BCUT2D eigenvalue weighted by Crippen LogP contribution is 2.19. The molecule has 0 amide bonds. The summed E-state index contributed by atoms with van der Waals surface area (Å²) in [6, 6.07) is 1.28. The van der Waals surface area contributed by atoms with Crippen LogP contribution in [-0.4, -0.2) is 62.7 Å². The third-order valence-electron chi connectivity index (χ3n) is 5.91. The van der Waals surface area contributed by atoms with E-state index in [1.165, 1.54) is 38.8 Å². The first-order valence-electron chi connectivity index (χ1n) is 9.09. The molecular weight excluding hydrogens is 278 g/mol. The van der Waals surface area contributed by atoms with Crippen LogP contribution in [0.1, 0.15) is 39.5 Å². The molecule has 6 heteroatoms. The van der Waals surface area contributed by atoms with Gasteiger partial charge < -0.3 is 10.2 Å². The second-order valence-electron chi connectivity index (χ2n) is 7.87. The summed E-state index contributed by atoms with van der Waals surface area (Å²) in [5, 5.41) is 6.22. The topological polar surface area (TPSA) is 57.6 Å². The van der Waals surface area contributed by atoms with E-state index in [-0.39, 0.29) is 6.23 Å². The Morgan fingerprint density at radius 3 is 2.68 bits per heavy atom. The summed E-state index contributed by atoms with van der Waals surface area (Å²) in [5.74, 6) is 0.658. The molecule has 0 aromatic heterocycles. The molecule has 0 saturated carbocycles. The minimum atomic E-state index is 0.177. The van der Waals surface area contributed by atoms with Crippen LogP contribution in [0.15, 0.2) is 0 Å². The van der Waals surface area contributed by atoms with Gasteiger partial charge in [0.1, 0.15) is 12.2 Å². The van der Waals surface area contributed by atoms with Crippen LogP contribution in [0, 0.1) is 5.92 Å². The fraction of sp³-hybridized carbons (Fsp3) is 1.00. The number of nitrogens with two attached hydrogens (primary N) is 1. The average Bonchev–Trinajstić information content (AvgIpc) is 3.16. The van der Waals surface area contributed by atoms with Crippen LogP contribution in [0.5, 0.6) is 0 Å². The lowest BCUT2D eigenvalue weighted by Crippen LogP contribution is -3.18. The first-order chi connectivity index (χ1) is 10.6. The number of rotatable bonds is 4. The molecular formula is C16H35N5O+2. The number of hydrogen-bond donors (Lipinski definition) is 4. The Bertz CT molecular complexity index is 356. The van der Waals surface area contributed by atoms with Gasteiger partial charge in [-0.3, -0.25) is 15.1 Å². The molecule has 22 heavy (non-hydrogen) atoms. The van der Waals surface area contributed by atoms with E-state index >= 15 is 0 Å². The number of quaternary nitrogens is 2. The van der Waals surface area contributed by atoms with Gasteiger partial charge in [-0.05, 0) is 34.4 Å². The van der Waals surface area contributed by atoms with Gasteiger partial charge in [-0.1, -0.05) is 0 Å². The minimum absolute atomic E-state index is 0.177. The van der Waals surface area contributed by atoms with Crippen molar-refractivity contribution in [3.63, 3.8) is 0 Å². The van der Waals surface area contributed by atoms with Crippen LogP contribution in [0.25, 0.3) is 0 Å². The van der Waals surface area contributed by atoms with Crippen LogP contribution in [0.2, 0.25) is 0 Å². The van der Waals surface area contributed by atoms with Crippen molar-refractivity contribution in [2.24, 2.45) is 5.92 Å². The van der Waals surface area contributed by atoms with Crippen LogP contribution in [0.3, 0.4) is 0 Å². The predicted octanol–water partition coefficient (Wildman–Crippen LogP) is -1.92. The van der Waals surface area contributed by atoms with Gasteiger partial charge in [0.15, 0.2) is 6.23 Å². The first-order valence-corrected chi connectivity index (χ1v) is 9.09. The zero-order chi connectivity index (χ0) is 15.7. The quantitative estimate of drug-likeness (QED) is 0.489. The van der Waals surface area contributed by atoms with Gasteiger partial charge >= 0.3 is 0 Å². The average molecular weight is 313 g/mol. The molecule has 128 valence electrons. The van der Waals surface area contributed by atoms with Gasteiger partial charge in [-0.15, -0.1) is 0 Å². The summed E-state index contributed by atoms with van der Waals surface area (Å²) in [6.07, 6.45) is 6.27. The Morgan fingerprint density at radius 2 is 2.05 bits per heavy atom. The Kier molecular flexibility index (Phi) is 5.37. The van der Waals surface area contributed by atoms with E-state index in [4.69, 9.17) is 4.84 Å². The van der Waals surface area contributed by atoms with Crippen molar-refractivity contribution in [3.8, 4) is 0 Å². The van der Waals surface area contributed by atoms with Crippen LogP contribution >= 0.6 is 0 Å². The van der Waals surface area contributed by atoms with E-state index in [0.29, 0.717) is 30.3 Å². The van der Waals surface area contributed by atoms with E-state index < -0.39 is 0 Å². The zero-order valence-corrected chi connectivity index (χ0v) is 14.6. The third-order valence-corrected chi connectivity index (χ3v) is 5.91. The highest BCUT2D eigenvalue weighted by molar-refractivity contribution is 4.83. The maximum atomic E-state index is 5.95. The van der Waals surface area contributed by atoms with Gasteiger partial charge in [0.25, 0.3) is 0 Å². The summed E-state index contributed by atoms with van der Waals surface area (Å²) in [5.41, 5.74) is 3.30. The van der Waals surface area contributed by atoms with Crippen molar-refractivity contribution in [2.75, 3.05) is 27.2 Å². The van der Waals surface area contributed by atoms with Crippen LogP contribution in [0.4, 0.5) is 0 Å². The van der Waals surface area contributed by atoms with Gasteiger partial charge in [-0.2, -0.15) is 5.48 Å². The summed E-state index contributed by atoms with van der Waals surface area (Å²) >= 11 is 0. The van der Waals surface area contributed by atoms with E-state index in [0.717, 1.165) is 0 Å². The molecule has 0 aromatic rings. The van der Waals surface area contributed by atoms with Crippen molar-refractivity contribution in [1.82, 2.24) is 15.7 Å². The molecule has 6 unspecified atom stereocenters. The van der Waals surface area contributed by atoms with Gasteiger partial charge in [-0.25, -0.2) is 0 Å². The lowest BCUT2D eigenvalue weighted by Gasteiger charge is -2.33. The maximum Gasteiger partial charge on any atom is 0.183 e. The summed E-state index contributed by atoms with van der Waals surface area (Å²) < 4.78 is 0. The smallest absolute Gasteiger partial charge is 0.183 e. The summed E-state index contributed by atoms with van der Waals surface area (Å²) in [6.45, 7) is 7.11. The molecule has 3 aliphatic rings. The van der Waals surface area contributed by atoms with Crippen molar-refractivity contribution in [3.05, 3.63) is 0 Å². The zero-order valence-electron chi connectivity index (χ0n) is 14.6. The van der Waals surface area contributed by atoms with Crippen molar-refractivity contribution in [2.45, 2.75) is 70.2 Å². The van der Waals surface area contributed by atoms with E-state index in [1.807, 2.05) is 0 Å². The van der Waals surface area contributed by atoms with Crippen molar-refractivity contribution in [1.29, 1.82) is 0 Å². The third kappa shape index (κ3) is 3.47. The number of nitrogens with one attached hydrogen (secondary N) is 3. The second-order valence-corrected chi connectivity index (χ2v) is 7.87. The van der Waals surface area contributed by atoms with Gasteiger partial charge in [0.2, 0.25) is 0 Å². The predicted molar refractivity (Wildman–Crippen MR) is 85.9 cm³/mol. The maximum absolute atomic E-state index is 5.95. The van der Waals surface area contributed by atoms with E-state index in [1.54, 1.807) is 4.90 Å². The van der Waals surface area contributed by atoms with Crippen LogP contribution in [-0.2, 0) is 4.84 Å². The van der Waals surface area contributed by atoms with Gasteiger partial charge in [0, 0.05) is 25.2 Å². The lowest BCUT2D eigenvalue weighted by molar-refractivity contribution is -0.937. The number of piperidine rings is 1. The minimum Gasteiger partial charge on any atom is -0.331 e. The fourth-order valence-corrected chi connectivity index (χ4v) is 4.51. The Hall–Kier alpha value is -0.240. The number of likely N-dealkylation sites (tertiary alicyclic amines) is 1.